The van der Waals surface area contributed by atoms with Crippen LogP contribution < -0.4 is 15.8 Å². The Morgan fingerprint density at radius 1 is 1.30 bits per heavy atom. The molecule has 0 radical (unpaired) electrons. The third-order valence-electron chi connectivity index (χ3n) is 3.36. The van der Waals surface area contributed by atoms with Gasteiger partial charge in [0.05, 0.1) is 7.11 Å². The van der Waals surface area contributed by atoms with Gasteiger partial charge < -0.3 is 15.8 Å². The minimum atomic E-state index is 0.491. The van der Waals surface area contributed by atoms with E-state index < -0.39 is 0 Å². The van der Waals surface area contributed by atoms with Gasteiger partial charge in [0.1, 0.15) is 23.2 Å². The Labute approximate surface area is 118 Å². The summed E-state index contributed by atoms with van der Waals surface area (Å²) in [5, 5.41) is 3.29. The summed E-state index contributed by atoms with van der Waals surface area (Å²) in [6.07, 6.45) is 2.32. The van der Waals surface area contributed by atoms with Gasteiger partial charge in [-0.25, -0.2) is 9.97 Å². The van der Waals surface area contributed by atoms with Gasteiger partial charge in [-0.15, -0.1) is 0 Å². The summed E-state index contributed by atoms with van der Waals surface area (Å²) in [6.45, 7) is 0.643. The third kappa shape index (κ3) is 2.82. The molecule has 0 atom stereocenters. The summed E-state index contributed by atoms with van der Waals surface area (Å²) in [5.74, 6) is 3.50. The quantitative estimate of drug-likeness (QED) is 0.873. The maximum atomic E-state index is 5.83. The molecule has 3 rings (SSSR count). The van der Waals surface area contributed by atoms with Crippen molar-refractivity contribution >= 4 is 11.6 Å². The smallest absolute Gasteiger partial charge is 0.136 e. The van der Waals surface area contributed by atoms with Crippen molar-refractivity contribution in [2.24, 2.45) is 0 Å². The fraction of sp³-hybridized carbons (Fsp3) is 0.333. The van der Waals surface area contributed by atoms with Crippen molar-refractivity contribution in [3.05, 3.63) is 41.7 Å². The summed E-state index contributed by atoms with van der Waals surface area (Å²) in [4.78, 5) is 8.81. The zero-order valence-corrected chi connectivity index (χ0v) is 11.5. The van der Waals surface area contributed by atoms with Crippen molar-refractivity contribution in [2.75, 3.05) is 18.2 Å². The van der Waals surface area contributed by atoms with Crippen molar-refractivity contribution in [3.63, 3.8) is 0 Å². The molecule has 2 aromatic rings. The van der Waals surface area contributed by atoms with Gasteiger partial charge in [0.2, 0.25) is 0 Å². The SMILES string of the molecule is COc1ccccc1CNc1cc(N)nc(C2CC2)n1. The number of methoxy groups -OCH3 is 1. The number of rotatable bonds is 5. The van der Waals surface area contributed by atoms with E-state index in [1.54, 1.807) is 13.2 Å². The number of nitrogen functional groups attached to an aromatic ring is 1. The van der Waals surface area contributed by atoms with Crippen molar-refractivity contribution in [2.45, 2.75) is 25.3 Å². The van der Waals surface area contributed by atoms with Gasteiger partial charge in [-0.3, -0.25) is 0 Å². The fourth-order valence-electron chi connectivity index (χ4n) is 2.13. The summed E-state index contributed by atoms with van der Waals surface area (Å²) in [6, 6.07) is 9.68. The molecule has 1 aliphatic rings. The highest BCUT2D eigenvalue weighted by Gasteiger charge is 2.27. The Morgan fingerprint density at radius 2 is 2.10 bits per heavy atom. The topological polar surface area (TPSA) is 73.1 Å². The van der Waals surface area contributed by atoms with Gasteiger partial charge in [-0.1, -0.05) is 18.2 Å². The lowest BCUT2D eigenvalue weighted by Crippen LogP contribution is -2.06. The van der Waals surface area contributed by atoms with Crippen molar-refractivity contribution < 1.29 is 4.74 Å². The second-order valence-corrected chi connectivity index (χ2v) is 4.98. The molecule has 20 heavy (non-hydrogen) atoms. The molecule has 0 bridgehead atoms. The normalized spacial score (nSPS) is 14.1. The second kappa shape index (κ2) is 5.36. The molecule has 5 nitrogen and oxygen atoms in total. The first-order valence-corrected chi connectivity index (χ1v) is 6.76. The Bertz CT molecular complexity index is 611. The number of nitrogens with two attached hydrogens (primary N) is 1. The van der Waals surface area contributed by atoms with E-state index in [1.807, 2.05) is 24.3 Å². The van der Waals surface area contributed by atoms with E-state index in [9.17, 15) is 0 Å². The van der Waals surface area contributed by atoms with Crippen LogP contribution >= 0.6 is 0 Å². The molecule has 1 aliphatic carbocycles. The lowest BCUT2D eigenvalue weighted by molar-refractivity contribution is 0.410. The molecule has 0 amide bonds. The predicted molar refractivity (Wildman–Crippen MR) is 78.7 cm³/mol. The van der Waals surface area contributed by atoms with Crippen LogP contribution in [0.5, 0.6) is 5.75 Å². The summed E-state index contributed by atoms with van der Waals surface area (Å²) < 4.78 is 5.33. The molecule has 1 aromatic heterocycles. The highest BCUT2D eigenvalue weighted by Crippen LogP contribution is 2.38. The molecule has 1 aromatic carbocycles. The molecule has 5 heteroatoms. The van der Waals surface area contributed by atoms with Crippen LogP contribution in [0.1, 0.15) is 30.1 Å². The molecule has 1 heterocycles. The molecule has 0 aliphatic heterocycles. The monoisotopic (exact) mass is 270 g/mol. The van der Waals surface area contributed by atoms with E-state index in [2.05, 4.69) is 15.3 Å². The van der Waals surface area contributed by atoms with Crippen molar-refractivity contribution in [1.29, 1.82) is 0 Å². The molecule has 1 saturated carbocycles. The molecule has 104 valence electrons. The van der Waals surface area contributed by atoms with E-state index in [0.717, 1.165) is 35.8 Å². The average molecular weight is 270 g/mol. The lowest BCUT2D eigenvalue weighted by Gasteiger charge is -2.11. The van der Waals surface area contributed by atoms with Gasteiger partial charge >= 0.3 is 0 Å². The van der Waals surface area contributed by atoms with Crippen molar-refractivity contribution in [1.82, 2.24) is 9.97 Å². The molecular formula is C15H18N4O. The number of benzene rings is 1. The van der Waals surface area contributed by atoms with Crippen LogP contribution in [0.2, 0.25) is 0 Å². The summed E-state index contributed by atoms with van der Waals surface area (Å²) >= 11 is 0. The van der Waals surface area contributed by atoms with Gasteiger partial charge in [-0.05, 0) is 18.9 Å². The number of ether oxygens (including phenoxy) is 1. The second-order valence-electron chi connectivity index (χ2n) is 4.98. The maximum Gasteiger partial charge on any atom is 0.136 e. The Balaban J connectivity index is 1.74. The number of para-hydroxylation sites is 1. The molecule has 0 spiro atoms. The standard InChI is InChI=1S/C15H18N4O/c1-20-12-5-3-2-4-11(12)9-17-14-8-13(16)18-15(19-14)10-6-7-10/h2-5,8,10H,6-7,9H2,1H3,(H3,16,17,18,19). The first-order valence-electron chi connectivity index (χ1n) is 6.76. The Kier molecular flexibility index (Phi) is 3.41. The summed E-state index contributed by atoms with van der Waals surface area (Å²) in [7, 11) is 1.67. The number of hydrogen-bond donors (Lipinski definition) is 2. The van der Waals surface area contributed by atoms with E-state index in [0.29, 0.717) is 18.3 Å². The van der Waals surface area contributed by atoms with Gasteiger partial charge in [0.25, 0.3) is 0 Å². The Hall–Kier alpha value is -2.30. The van der Waals surface area contributed by atoms with Crippen LogP contribution in [-0.2, 0) is 6.54 Å². The fourth-order valence-corrected chi connectivity index (χ4v) is 2.13. The number of aromatic nitrogens is 2. The zero-order chi connectivity index (χ0) is 13.9. The summed E-state index contributed by atoms with van der Waals surface area (Å²) in [5.41, 5.74) is 6.92. The molecule has 3 N–H and O–H groups in total. The van der Waals surface area contributed by atoms with Gasteiger partial charge in [-0.2, -0.15) is 0 Å². The highest BCUT2D eigenvalue weighted by atomic mass is 16.5. The predicted octanol–water partition coefficient (Wildman–Crippen LogP) is 2.56. The lowest BCUT2D eigenvalue weighted by atomic mass is 10.2. The average Bonchev–Trinajstić information content (AvgIpc) is 3.29. The number of nitrogens with one attached hydrogen (secondary N) is 1. The minimum Gasteiger partial charge on any atom is -0.496 e. The molecule has 1 fully saturated rings. The third-order valence-corrected chi connectivity index (χ3v) is 3.36. The first-order chi connectivity index (χ1) is 9.76. The van der Waals surface area contributed by atoms with Gasteiger partial charge in [0, 0.05) is 24.1 Å². The van der Waals surface area contributed by atoms with Crippen LogP contribution in [-0.4, -0.2) is 17.1 Å². The van der Waals surface area contributed by atoms with Crippen LogP contribution in [0.3, 0.4) is 0 Å². The molecule has 0 saturated heterocycles. The largest absolute Gasteiger partial charge is 0.496 e. The number of anilines is 2. The highest BCUT2D eigenvalue weighted by molar-refractivity contribution is 5.46. The van der Waals surface area contributed by atoms with Crippen LogP contribution in [0.25, 0.3) is 0 Å². The van der Waals surface area contributed by atoms with E-state index in [1.165, 1.54) is 0 Å². The van der Waals surface area contributed by atoms with E-state index in [4.69, 9.17) is 10.5 Å². The van der Waals surface area contributed by atoms with E-state index in [-0.39, 0.29) is 0 Å². The maximum absolute atomic E-state index is 5.83. The zero-order valence-electron chi connectivity index (χ0n) is 11.5. The Morgan fingerprint density at radius 3 is 2.85 bits per heavy atom. The molecule has 0 unspecified atom stereocenters. The molecular weight excluding hydrogens is 252 g/mol. The van der Waals surface area contributed by atoms with E-state index >= 15 is 0 Å². The van der Waals surface area contributed by atoms with Crippen molar-refractivity contribution in [3.8, 4) is 5.75 Å². The van der Waals surface area contributed by atoms with Crippen LogP contribution in [0.15, 0.2) is 30.3 Å². The number of nitrogens with zero attached hydrogens (tertiary/aromatic N) is 2. The van der Waals surface area contributed by atoms with Crippen LogP contribution in [0.4, 0.5) is 11.6 Å². The first kappa shape index (κ1) is 12.7. The van der Waals surface area contributed by atoms with Gasteiger partial charge in [0.15, 0.2) is 0 Å². The van der Waals surface area contributed by atoms with Crippen LogP contribution in [0, 0.1) is 0 Å². The number of hydrogen-bond acceptors (Lipinski definition) is 5. The minimum absolute atomic E-state index is 0.491.